The summed E-state index contributed by atoms with van der Waals surface area (Å²) in [6, 6.07) is 5.98. The lowest BCUT2D eigenvalue weighted by molar-refractivity contribution is 0.174. The molecule has 6 nitrogen and oxygen atoms in total. The van der Waals surface area contributed by atoms with Gasteiger partial charge in [0.1, 0.15) is 0 Å². The Morgan fingerprint density at radius 1 is 1.38 bits per heavy atom. The van der Waals surface area contributed by atoms with Gasteiger partial charge in [0.15, 0.2) is 11.5 Å². The molecule has 1 heterocycles. The van der Waals surface area contributed by atoms with Gasteiger partial charge in [-0.1, -0.05) is 0 Å². The van der Waals surface area contributed by atoms with E-state index in [1.165, 1.54) is 18.2 Å². The molecule has 0 atom stereocenters. The highest BCUT2D eigenvalue weighted by molar-refractivity contribution is 7.89. The summed E-state index contributed by atoms with van der Waals surface area (Å²) in [5.41, 5.74) is 0. The third kappa shape index (κ3) is 1.93. The van der Waals surface area contributed by atoms with Crippen LogP contribution in [0, 0.1) is 11.3 Å². The van der Waals surface area contributed by atoms with Crippen LogP contribution in [0.2, 0.25) is 0 Å². The number of sulfonamides is 1. The van der Waals surface area contributed by atoms with E-state index in [0.717, 1.165) is 0 Å². The van der Waals surface area contributed by atoms with Crippen molar-refractivity contribution >= 4 is 10.0 Å². The van der Waals surface area contributed by atoms with E-state index in [9.17, 15) is 8.42 Å². The zero-order chi connectivity index (χ0) is 11.6. The van der Waals surface area contributed by atoms with Crippen molar-refractivity contribution in [3.05, 3.63) is 18.2 Å². The summed E-state index contributed by atoms with van der Waals surface area (Å²) >= 11 is 0. The Morgan fingerprint density at radius 2 is 2.12 bits per heavy atom. The number of hydrogen-bond acceptors (Lipinski definition) is 5. The SMILES string of the molecule is N#CCNS(=O)(=O)c1ccc2c(c1)OCO2. The molecule has 0 radical (unpaired) electrons. The molecule has 0 saturated carbocycles. The lowest BCUT2D eigenvalue weighted by Gasteiger charge is -2.04. The highest BCUT2D eigenvalue weighted by atomic mass is 32.2. The zero-order valence-corrected chi connectivity index (χ0v) is 8.95. The van der Waals surface area contributed by atoms with Crippen LogP contribution in [-0.2, 0) is 10.0 Å². The topological polar surface area (TPSA) is 88.4 Å². The fourth-order valence-corrected chi connectivity index (χ4v) is 2.19. The molecule has 0 fully saturated rings. The standard InChI is InChI=1S/C9H8N2O4S/c10-3-4-11-16(12,13)7-1-2-8-9(5-7)15-6-14-8/h1-2,5,11H,4,6H2. The van der Waals surface area contributed by atoms with Gasteiger partial charge in [-0.05, 0) is 12.1 Å². The van der Waals surface area contributed by atoms with Crippen LogP contribution in [0.5, 0.6) is 11.5 Å². The number of ether oxygens (including phenoxy) is 2. The summed E-state index contributed by atoms with van der Waals surface area (Å²) in [7, 11) is -3.65. The Balaban J connectivity index is 2.32. The predicted octanol–water partition coefficient (Wildman–Crippen LogP) is 0.217. The van der Waals surface area contributed by atoms with Crippen LogP contribution in [0.4, 0.5) is 0 Å². The minimum Gasteiger partial charge on any atom is -0.454 e. The molecule has 0 aromatic heterocycles. The van der Waals surface area contributed by atoms with Crippen molar-refractivity contribution in [1.29, 1.82) is 5.26 Å². The van der Waals surface area contributed by atoms with Crippen LogP contribution in [0.1, 0.15) is 0 Å². The van der Waals surface area contributed by atoms with Gasteiger partial charge in [-0.2, -0.15) is 9.98 Å². The van der Waals surface area contributed by atoms with E-state index in [0.29, 0.717) is 11.5 Å². The van der Waals surface area contributed by atoms with Crippen molar-refractivity contribution in [2.24, 2.45) is 0 Å². The molecule has 1 aliphatic rings. The molecule has 1 aliphatic heterocycles. The molecule has 84 valence electrons. The van der Waals surface area contributed by atoms with Gasteiger partial charge in [-0.3, -0.25) is 0 Å². The summed E-state index contributed by atoms with van der Waals surface area (Å²) in [6.45, 7) is -0.179. The first kappa shape index (κ1) is 10.7. The van der Waals surface area contributed by atoms with E-state index < -0.39 is 10.0 Å². The number of nitriles is 1. The number of nitrogens with zero attached hydrogens (tertiary/aromatic N) is 1. The minimum absolute atomic E-state index is 0.0481. The van der Waals surface area contributed by atoms with Gasteiger partial charge in [0.05, 0.1) is 17.5 Å². The molecule has 1 aromatic rings. The predicted molar refractivity (Wildman–Crippen MR) is 53.4 cm³/mol. The Bertz CT molecular complexity index is 547. The van der Waals surface area contributed by atoms with E-state index in [-0.39, 0.29) is 18.2 Å². The molecular formula is C9H8N2O4S. The maximum Gasteiger partial charge on any atom is 0.241 e. The number of nitrogens with one attached hydrogen (secondary N) is 1. The Hall–Kier alpha value is -1.78. The van der Waals surface area contributed by atoms with Crippen LogP contribution in [0.3, 0.4) is 0 Å². The van der Waals surface area contributed by atoms with E-state index in [1.807, 2.05) is 0 Å². The lowest BCUT2D eigenvalue weighted by atomic mass is 10.3. The largest absolute Gasteiger partial charge is 0.454 e. The van der Waals surface area contributed by atoms with Crippen LogP contribution < -0.4 is 14.2 Å². The number of hydrogen-bond donors (Lipinski definition) is 1. The third-order valence-electron chi connectivity index (χ3n) is 2.00. The van der Waals surface area contributed by atoms with Gasteiger partial charge in [0.2, 0.25) is 16.8 Å². The van der Waals surface area contributed by atoms with Gasteiger partial charge >= 0.3 is 0 Å². The van der Waals surface area contributed by atoms with Gasteiger partial charge in [0.25, 0.3) is 0 Å². The van der Waals surface area contributed by atoms with Crippen molar-refractivity contribution < 1.29 is 17.9 Å². The molecule has 16 heavy (non-hydrogen) atoms. The molecule has 2 rings (SSSR count). The first-order valence-electron chi connectivity index (χ1n) is 4.40. The van der Waals surface area contributed by atoms with Gasteiger partial charge in [-0.25, -0.2) is 8.42 Å². The fourth-order valence-electron chi connectivity index (χ4n) is 1.25. The van der Waals surface area contributed by atoms with Gasteiger partial charge in [-0.15, -0.1) is 0 Å². The summed E-state index contributed by atoms with van der Waals surface area (Å²) < 4.78 is 35.5. The summed E-state index contributed by atoms with van der Waals surface area (Å²) in [6.07, 6.45) is 0. The molecule has 0 amide bonds. The smallest absolute Gasteiger partial charge is 0.241 e. The Labute approximate surface area is 92.5 Å². The highest BCUT2D eigenvalue weighted by Crippen LogP contribution is 2.33. The normalized spacial score (nSPS) is 13.4. The average molecular weight is 240 g/mol. The number of benzene rings is 1. The van der Waals surface area contributed by atoms with Crippen molar-refractivity contribution in [2.45, 2.75) is 4.90 Å². The quantitative estimate of drug-likeness (QED) is 0.763. The van der Waals surface area contributed by atoms with Crippen LogP contribution in [-0.4, -0.2) is 21.8 Å². The molecule has 1 aromatic carbocycles. The fraction of sp³-hybridized carbons (Fsp3) is 0.222. The van der Waals surface area contributed by atoms with Gasteiger partial charge < -0.3 is 9.47 Å². The molecule has 7 heteroatoms. The summed E-state index contributed by atoms with van der Waals surface area (Å²) in [5, 5.41) is 8.31. The molecule has 0 saturated heterocycles. The highest BCUT2D eigenvalue weighted by Gasteiger charge is 2.19. The van der Waals surface area contributed by atoms with E-state index in [1.54, 1.807) is 6.07 Å². The van der Waals surface area contributed by atoms with E-state index in [2.05, 4.69) is 4.72 Å². The van der Waals surface area contributed by atoms with Crippen LogP contribution in [0.15, 0.2) is 23.1 Å². The zero-order valence-electron chi connectivity index (χ0n) is 8.13. The van der Waals surface area contributed by atoms with Crippen LogP contribution >= 0.6 is 0 Å². The molecular weight excluding hydrogens is 232 g/mol. The molecule has 0 spiro atoms. The lowest BCUT2D eigenvalue weighted by Crippen LogP contribution is -2.23. The first-order valence-corrected chi connectivity index (χ1v) is 5.88. The second kappa shape index (κ2) is 4.00. The molecule has 0 bridgehead atoms. The maximum absolute atomic E-state index is 11.6. The van der Waals surface area contributed by atoms with Crippen molar-refractivity contribution in [3.8, 4) is 17.6 Å². The second-order valence-corrected chi connectivity index (χ2v) is 4.76. The summed E-state index contributed by atoms with van der Waals surface area (Å²) in [5.74, 6) is 0.902. The van der Waals surface area contributed by atoms with E-state index in [4.69, 9.17) is 14.7 Å². The maximum atomic E-state index is 11.6. The molecule has 0 unspecified atom stereocenters. The van der Waals surface area contributed by atoms with Crippen molar-refractivity contribution in [2.75, 3.05) is 13.3 Å². The minimum atomic E-state index is -3.65. The second-order valence-electron chi connectivity index (χ2n) is 3.00. The van der Waals surface area contributed by atoms with Crippen molar-refractivity contribution in [1.82, 2.24) is 4.72 Å². The van der Waals surface area contributed by atoms with E-state index >= 15 is 0 Å². The Kier molecular flexibility index (Phi) is 2.68. The van der Waals surface area contributed by atoms with Crippen molar-refractivity contribution in [3.63, 3.8) is 0 Å². The summed E-state index contributed by atoms with van der Waals surface area (Å²) in [4.78, 5) is 0.0481. The van der Waals surface area contributed by atoms with Gasteiger partial charge in [0, 0.05) is 6.07 Å². The first-order chi connectivity index (χ1) is 7.63. The molecule has 0 aliphatic carbocycles. The number of fused-ring (bicyclic) bond motifs is 1. The Morgan fingerprint density at radius 3 is 2.88 bits per heavy atom. The average Bonchev–Trinajstić information content (AvgIpc) is 2.73. The van der Waals surface area contributed by atoms with Crippen LogP contribution in [0.25, 0.3) is 0 Å². The monoisotopic (exact) mass is 240 g/mol. The molecule has 1 N–H and O–H groups in total. The number of rotatable bonds is 3. The third-order valence-corrected chi connectivity index (χ3v) is 3.39.